The number of fused-ring (bicyclic) bond motifs is 1. The Bertz CT molecular complexity index is 1210. The van der Waals surface area contributed by atoms with Gasteiger partial charge in [-0.1, -0.05) is 25.6 Å². The van der Waals surface area contributed by atoms with Crippen molar-refractivity contribution in [3.05, 3.63) is 41.6 Å². The maximum atomic E-state index is 11.4. The molecule has 0 unspecified atom stereocenters. The number of pyridine rings is 1. The molecule has 0 aliphatic carbocycles. The normalized spacial score (nSPS) is 16.8. The van der Waals surface area contributed by atoms with Crippen molar-refractivity contribution in [1.82, 2.24) is 19.0 Å². The second-order valence-corrected chi connectivity index (χ2v) is 16.1. The Kier molecular flexibility index (Phi) is 8.22. The zero-order valence-corrected chi connectivity index (χ0v) is 23.1. The lowest BCUT2D eigenvalue weighted by atomic mass is 9.98. The van der Waals surface area contributed by atoms with Crippen molar-refractivity contribution in [2.75, 3.05) is 26.3 Å². The summed E-state index contributed by atoms with van der Waals surface area (Å²) < 4.78 is 7.84. The molecular weight excluding hydrogens is 474 g/mol. The highest BCUT2D eigenvalue weighted by Gasteiger charge is 2.46. The lowest BCUT2D eigenvalue weighted by molar-refractivity contribution is 0.0518. The maximum absolute atomic E-state index is 11.4. The quantitative estimate of drug-likeness (QED) is 0.177. The van der Waals surface area contributed by atoms with Crippen LogP contribution in [0.5, 0.6) is 0 Å². The molecule has 3 heterocycles. The van der Waals surface area contributed by atoms with Gasteiger partial charge in [-0.15, -0.1) is 0 Å². The Balaban J connectivity index is 2.06. The molecule has 1 aliphatic heterocycles. The number of aromatic nitrogens is 3. The van der Waals surface area contributed by atoms with E-state index >= 15 is 0 Å². The van der Waals surface area contributed by atoms with Crippen molar-refractivity contribution in [2.45, 2.75) is 58.8 Å². The molecule has 1 aliphatic rings. The number of hydrogen-bond acceptors (Lipinski definition) is 7. The number of quaternary nitrogens is 1. The Hall–Kier alpha value is -2.81. The summed E-state index contributed by atoms with van der Waals surface area (Å²) in [7, 11) is -1.22. The van der Waals surface area contributed by atoms with Crippen LogP contribution in [0.4, 0.5) is 5.82 Å². The highest BCUT2D eigenvalue weighted by molar-refractivity contribution is 6.76. The van der Waals surface area contributed by atoms with Gasteiger partial charge in [-0.05, 0) is 44.9 Å². The lowest BCUT2D eigenvalue weighted by Crippen LogP contribution is -2.56. The first-order valence-electron chi connectivity index (χ1n) is 12.3. The number of likely N-dealkylation sites (N-methyl/N-ethyl adjacent to an activating group) is 1. The van der Waals surface area contributed by atoms with Gasteiger partial charge in [0, 0.05) is 27.1 Å². The summed E-state index contributed by atoms with van der Waals surface area (Å²) in [6.07, 6.45) is 3.44. The van der Waals surface area contributed by atoms with Crippen LogP contribution in [0.25, 0.3) is 11.3 Å². The molecule has 36 heavy (non-hydrogen) atoms. The highest BCUT2D eigenvalue weighted by Crippen LogP contribution is 2.41. The summed E-state index contributed by atoms with van der Waals surface area (Å²) in [5.41, 5.74) is -0.296. The molecule has 1 atom stereocenters. The molecule has 2 aromatic rings. The van der Waals surface area contributed by atoms with E-state index in [0.717, 1.165) is 6.04 Å². The van der Waals surface area contributed by atoms with E-state index in [1.807, 2.05) is 18.4 Å². The van der Waals surface area contributed by atoms with Gasteiger partial charge < -0.3 is 24.6 Å². The van der Waals surface area contributed by atoms with Crippen molar-refractivity contribution in [3.63, 3.8) is 0 Å². The van der Waals surface area contributed by atoms with Crippen LogP contribution in [0.2, 0.25) is 25.7 Å². The third-order valence-corrected chi connectivity index (χ3v) is 8.15. The van der Waals surface area contributed by atoms with E-state index in [1.54, 1.807) is 24.5 Å². The molecule has 10 heteroatoms. The molecule has 0 saturated heterocycles. The van der Waals surface area contributed by atoms with E-state index in [0.29, 0.717) is 48.2 Å². The van der Waals surface area contributed by atoms with E-state index in [1.165, 1.54) is 6.92 Å². The molecule has 0 aromatic carbocycles. The first-order valence-corrected chi connectivity index (χ1v) is 16.0. The zero-order valence-electron chi connectivity index (χ0n) is 22.1. The number of nitrogens with zero attached hydrogens (tertiary/aromatic N) is 4. The first-order chi connectivity index (χ1) is 16.9. The van der Waals surface area contributed by atoms with Crippen LogP contribution in [0.15, 0.2) is 24.5 Å². The topological polar surface area (TPSA) is 124 Å². The van der Waals surface area contributed by atoms with Crippen molar-refractivity contribution >= 4 is 31.1 Å². The fraction of sp³-hybridized carbons (Fsp3) is 0.500. The summed E-state index contributed by atoms with van der Waals surface area (Å²) >= 11 is 0. The van der Waals surface area contributed by atoms with Crippen LogP contribution in [0.1, 0.15) is 37.9 Å². The number of ether oxygens (including phenoxy) is 1. The predicted octanol–water partition coefficient (Wildman–Crippen LogP) is 3.45. The molecule has 4 N–H and O–H groups in total. The molecule has 0 amide bonds. The summed E-state index contributed by atoms with van der Waals surface area (Å²) in [5.74, 6) is 6.56. The third-order valence-electron chi connectivity index (χ3n) is 6.45. The van der Waals surface area contributed by atoms with Crippen LogP contribution >= 0.6 is 0 Å². The van der Waals surface area contributed by atoms with Crippen LogP contribution in [-0.2, 0) is 11.5 Å². The zero-order chi connectivity index (χ0) is 26.7. The van der Waals surface area contributed by atoms with E-state index < -0.39 is 20.3 Å². The molecule has 9 nitrogen and oxygen atoms in total. The van der Waals surface area contributed by atoms with Crippen LogP contribution in [-0.4, -0.2) is 75.7 Å². The molecule has 0 spiro atoms. The second kappa shape index (κ2) is 10.7. The number of rotatable bonds is 9. The van der Waals surface area contributed by atoms with Crippen LogP contribution < -0.4 is 4.48 Å². The highest BCUT2D eigenvalue weighted by atomic mass is 28.3. The number of hydrogen-bond donors (Lipinski definition) is 4. The monoisotopic (exact) mass is 512 g/mol. The number of aliphatic hydroxyl groups excluding tert-OH is 2. The third kappa shape index (κ3) is 5.61. The minimum Gasteiger partial charge on any atom is -0.506 e. The van der Waals surface area contributed by atoms with Crippen LogP contribution in [0.3, 0.4) is 0 Å². The summed E-state index contributed by atoms with van der Waals surface area (Å²) in [6, 6.07) is 4.44. The fourth-order valence-corrected chi connectivity index (χ4v) is 4.82. The van der Waals surface area contributed by atoms with Crippen molar-refractivity contribution in [1.29, 1.82) is 5.41 Å². The van der Waals surface area contributed by atoms with Gasteiger partial charge in [0.15, 0.2) is 5.82 Å². The van der Waals surface area contributed by atoms with E-state index in [4.69, 9.17) is 9.72 Å². The number of aliphatic hydroxyl groups is 3. The Morgan fingerprint density at radius 3 is 2.53 bits per heavy atom. The molecule has 3 rings (SSSR count). The van der Waals surface area contributed by atoms with Crippen molar-refractivity contribution < 1.29 is 20.1 Å². The van der Waals surface area contributed by atoms with Crippen molar-refractivity contribution in [2.24, 2.45) is 0 Å². The first kappa shape index (κ1) is 27.8. The van der Waals surface area contributed by atoms with Gasteiger partial charge in [0.05, 0.1) is 25.3 Å². The van der Waals surface area contributed by atoms with Gasteiger partial charge in [-0.25, -0.2) is 14.9 Å². The van der Waals surface area contributed by atoms with Gasteiger partial charge in [0.25, 0.3) is 0 Å². The molecule has 194 valence electrons. The van der Waals surface area contributed by atoms with Gasteiger partial charge in [-0.3, -0.25) is 0 Å². The van der Waals surface area contributed by atoms with Gasteiger partial charge in [0.2, 0.25) is 11.7 Å². The summed E-state index contributed by atoms with van der Waals surface area (Å²) in [6.45, 7) is 13.8. The molecule has 0 bridgehead atoms. The maximum Gasteiger partial charge on any atom is 0.246 e. The molecule has 0 radical (unpaired) electrons. The summed E-state index contributed by atoms with van der Waals surface area (Å²) in [5, 5.41) is 39.9. The Morgan fingerprint density at radius 1 is 1.22 bits per heavy atom. The SMILES string of the molecule is CC[N+]1(CC)C(=N)C(c2nccn2COCC[Si](C)(C)C)=C(O)c2ccc(C#C[C@@](C)(O)CO)nc21. The molecule has 0 saturated carbocycles. The Morgan fingerprint density at radius 2 is 1.92 bits per heavy atom. The number of amidine groups is 1. The molecule has 2 aromatic heterocycles. The van der Waals surface area contributed by atoms with E-state index in [9.17, 15) is 20.7 Å². The average molecular weight is 513 g/mol. The van der Waals surface area contributed by atoms with E-state index in [2.05, 4.69) is 36.5 Å². The van der Waals surface area contributed by atoms with Gasteiger partial charge in [-0.2, -0.15) is 4.98 Å². The molecular formula is C26H38N5O4Si+. The average Bonchev–Trinajstić information content (AvgIpc) is 3.29. The lowest BCUT2D eigenvalue weighted by Gasteiger charge is -2.39. The number of nitrogens with one attached hydrogen (secondary N) is 1. The largest absolute Gasteiger partial charge is 0.506 e. The van der Waals surface area contributed by atoms with E-state index in [-0.39, 0.29) is 22.8 Å². The Labute approximate surface area is 214 Å². The van der Waals surface area contributed by atoms with Crippen molar-refractivity contribution in [3.8, 4) is 11.8 Å². The minimum absolute atomic E-state index is 0.0606. The van der Waals surface area contributed by atoms with Crippen LogP contribution in [0, 0.1) is 17.3 Å². The second-order valence-electron chi connectivity index (χ2n) is 10.5. The van der Waals surface area contributed by atoms with Gasteiger partial charge >= 0.3 is 0 Å². The van der Waals surface area contributed by atoms with Gasteiger partial charge in [0.1, 0.15) is 29.4 Å². The molecule has 0 fully saturated rings. The summed E-state index contributed by atoms with van der Waals surface area (Å²) in [4.78, 5) is 9.18. The number of imidazole rings is 1. The predicted molar refractivity (Wildman–Crippen MR) is 145 cm³/mol. The standard InChI is InChI=1S/C26H37N5O4Si/c1-7-31(8-2)23(27)21(24-28-13-14-30(24)18-35-15-16-36(4,5)6)22(33)20-10-9-19(29-25(20)31)11-12-26(3,34)17-32/h9-10,13-14,32,34H,7-8,15-18H2,1-6H3,(H-,27,28,33)/p+1/t26-/m1/s1. The fourth-order valence-electron chi connectivity index (χ4n) is 4.07. The smallest absolute Gasteiger partial charge is 0.246 e. The minimum atomic E-state index is -1.55.